The number of aromatic hydroxyl groups is 2. The molecule has 0 amide bonds. The van der Waals surface area contributed by atoms with Crippen molar-refractivity contribution in [2.75, 3.05) is 0 Å². The number of phenolic OH excluding ortho intramolecular Hbond substituents is 2. The van der Waals surface area contributed by atoms with E-state index in [2.05, 4.69) is 152 Å². The highest BCUT2D eigenvalue weighted by molar-refractivity contribution is 6.14. The molecule has 0 unspecified atom stereocenters. The summed E-state index contributed by atoms with van der Waals surface area (Å²) in [6.07, 6.45) is 3.57. The zero-order valence-electron chi connectivity index (χ0n) is 34.5. The van der Waals surface area contributed by atoms with Gasteiger partial charge in [-0.2, -0.15) is 0 Å². The van der Waals surface area contributed by atoms with E-state index in [4.69, 9.17) is 9.98 Å². The van der Waals surface area contributed by atoms with Gasteiger partial charge in [0.2, 0.25) is 0 Å². The third-order valence-electron chi connectivity index (χ3n) is 11.2. The Balaban J connectivity index is 1.32. The van der Waals surface area contributed by atoms with Crippen LogP contribution < -0.4 is 0 Å². The summed E-state index contributed by atoms with van der Waals surface area (Å²) >= 11 is 0. The summed E-state index contributed by atoms with van der Waals surface area (Å²) < 4.78 is 0. The number of hydrogen-bond acceptors (Lipinski definition) is 4. The second kappa shape index (κ2) is 15.3. The fourth-order valence-corrected chi connectivity index (χ4v) is 8.94. The van der Waals surface area contributed by atoms with Crippen molar-refractivity contribution in [1.82, 2.24) is 0 Å². The largest absolute Gasteiger partial charge is 0.507 e. The molecule has 4 nitrogen and oxygen atoms in total. The molecule has 0 fully saturated rings. The van der Waals surface area contributed by atoms with Crippen LogP contribution in [0.2, 0.25) is 0 Å². The molecule has 286 valence electrons. The van der Waals surface area contributed by atoms with E-state index in [9.17, 15) is 10.2 Å². The first-order chi connectivity index (χ1) is 27.9. The molecule has 0 aliphatic rings. The molecule has 8 rings (SSSR count). The van der Waals surface area contributed by atoms with Crippen molar-refractivity contribution in [3.05, 3.63) is 177 Å². The molecule has 0 atom stereocenters. The Morgan fingerprint density at radius 2 is 0.724 bits per heavy atom. The van der Waals surface area contributed by atoms with Crippen LogP contribution in [0.1, 0.15) is 55.6 Å². The lowest BCUT2D eigenvalue weighted by molar-refractivity contribution is 0.476. The SMILES string of the molecule is Cc1cc(C)c(-c2cc(C)cc(C=Nc3ccc4ccccc4c3-c3c(N=Cc4cc(C)cc(-c5c(C)cc(C)cc5C)c4O)ccc4ccccc34)c2O)c(C)c1. The third-order valence-corrected chi connectivity index (χ3v) is 11.2. The Hall–Kier alpha value is -6.78. The number of nitrogens with zero attached hydrogens (tertiary/aromatic N) is 2. The molecular weight excluding hydrogens is 709 g/mol. The Labute approximate surface area is 341 Å². The number of aryl methyl sites for hydroxylation is 8. The standard InChI is InChI=1S/C54H48N2O2/c1-31-21-35(5)49(36(6)22-31)45-27-33(3)25-41(53(45)57)29-55-47-19-17-39-13-9-11-15-43(39)51(47)52-44-16-12-10-14-40(44)18-20-48(52)56-30-42-26-34(4)28-46(54(42)58)50-37(7)23-32(2)24-38(50)8/h9-30,57-58H,1-8H3. The van der Waals surface area contributed by atoms with Crippen molar-refractivity contribution in [2.24, 2.45) is 9.98 Å². The van der Waals surface area contributed by atoms with Gasteiger partial charge in [0.05, 0.1) is 11.4 Å². The third kappa shape index (κ3) is 7.07. The number of rotatable bonds is 7. The van der Waals surface area contributed by atoms with Crippen LogP contribution in [0.25, 0.3) is 54.9 Å². The maximum atomic E-state index is 11.8. The zero-order chi connectivity index (χ0) is 40.8. The molecule has 0 aromatic heterocycles. The van der Waals surface area contributed by atoms with E-state index in [1.54, 1.807) is 12.4 Å². The van der Waals surface area contributed by atoms with Gasteiger partial charge in [-0.3, -0.25) is 9.98 Å². The number of hydrogen-bond donors (Lipinski definition) is 2. The van der Waals surface area contributed by atoms with Gasteiger partial charge in [-0.05, 0) is 158 Å². The summed E-state index contributed by atoms with van der Waals surface area (Å²) in [6.45, 7) is 16.7. The van der Waals surface area contributed by atoms with Gasteiger partial charge in [0.15, 0.2) is 0 Å². The molecule has 0 saturated heterocycles. The van der Waals surface area contributed by atoms with Crippen molar-refractivity contribution < 1.29 is 10.2 Å². The van der Waals surface area contributed by atoms with Gasteiger partial charge in [0.1, 0.15) is 11.5 Å². The Morgan fingerprint density at radius 3 is 1.10 bits per heavy atom. The van der Waals surface area contributed by atoms with Crippen molar-refractivity contribution in [1.29, 1.82) is 0 Å². The molecule has 8 aromatic rings. The van der Waals surface area contributed by atoms with Crippen LogP contribution in [-0.2, 0) is 0 Å². The maximum Gasteiger partial charge on any atom is 0.132 e. The summed E-state index contributed by atoms with van der Waals surface area (Å²) in [5.41, 5.74) is 17.3. The zero-order valence-corrected chi connectivity index (χ0v) is 34.5. The van der Waals surface area contributed by atoms with Gasteiger partial charge in [0.25, 0.3) is 0 Å². The predicted molar refractivity (Wildman–Crippen MR) is 246 cm³/mol. The van der Waals surface area contributed by atoms with Crippen molar-refractivity contribution >= 4 is 45.3 Å². The number of fused-ring (bicyclic) bond motifs is 2. The molecule has 0 radical (unpaired) electrons. The van der Waals surface area contributed by atoms with E-state index in [0.29, 0.717) is 11.1 Å². The van der Waals surface area contributed by atoms with E-state index >= 15 is 0 Å². The van der Waals surface area contributed by atoms with Crippen LogP contribution in [0.3, 0.4) is 0 Å². The lowest BCUT2D eigenvalue weighted by atomic mass is 9.90. The summed E-state index contributed by atoms with van der Waals surface area (Å²) in [5, 5.41) is 27.9. The minimum absolute atomic E-state index is 0.204. The van der Waals surface area contributed by atoms with Crippen LogP contribution in [0, 0.1) is 55.4 Å². The second-order valence-corrected chi connectivity index (χ2v) is 15.9. The normalized spacial score (nSPS) is 11.8. The molecule has 4 heteroatoms. The first-order valence-electron chi connectivity index (χ1n) is 19.8. The molecule has 0 bridgehead atoms. The molecule has 0 saturated carbocycles. The lowest BCUT2D eigenvalue weighted by Crippen LogP contribution is -1.95. The maximum absolute atomic E-state index is 11.8. The lowest BCUT2D eigenvalue weighted by Gasteiger charge is -2.17. The van der Waals surface area contributed by atoms with Crippen molar-refractivity contribution in [3.8, 4) is 44.9 Å². The number of benzene rings is 8. The molecule has 0 aliphatic heterocycles. The summed E-state index contributed by atoms with van der Waals surface area (Å²) in [6, 6.07) is 41.7. The highest BCUT2D eigenvalue weighted by Gasteiger charge is 2.20. The monoisotopic (exact) mass is 756 g/mol. The van der Waals surface area contributed by atoms with Crippen LogP contribution in [0.4, 0.5) is 11.4 Å². The second-order valence-electron chi connectivity index (χ2n) is 15.9. The van der Waals surface area contributed by atoms with Gasteiger partial charge in [-0.1, -0.05) is 96.1 Å². The first kappa shape index (κ1) is 38.1. The molecule has 0 heterocycles. The topological polar surface area (TPSA) is 65.2 Å². The van der Waals surface area contributed by atoms with Gasteiger partial charge in [-0.15, -0.1) is 0 Å². The van der Waals surface area contributed by atoms with E-state index < -0.39 is 0 Å². The molecule has 0 spiro atoms. The number of phenols is 2. The minimum atomic E-state index is 0.204. The van der Waals surface area contributed by atoms with Crippen molar-refractivity contribution in [3.63, 3.8) is 0 Å². The highest BCUT2D eigenvalue weighted by atomic mass is 16.3. The van der Waals surface area contributed by atoms with E-state index in [0.717, 1.165) is 99.7 Å². The Kier molecular flexibility index (Phi) is 10.0. The van der Waals surface area contributed by atoms with Crippen LogP contribution in [0.5, 0.6) is 11.5 Å². The fourth-order valence-electron chi connectivity index (χ4n) is 8.94. The van der Waals surface area contributed by atoms with Gasteiger partial charge < -0.3 is 10.2 Å². The minimum Gasteiger partial charge on any atom is -0.507 e. The molecule has 58 heavy (non-hydrogen) atoms. The highest BCUT2D eigenvalue weighted by Crippen LogP contribution is 2.46. The predicted octanol–water partition coefficient (Wildman–Crippen LogP) is 14.4. The van der Waals surface area contributed by atoms with Crippen LogP contribution >= 0.6 is 0 Å². The van der Waals surface area contributed by atoms with E-state index in [1.165, 1.54) is 11.1 Å². The van der Waals surface area contributed by atoms with E-state index in [1.807, 2.05) is 24.3 Å². The summed E-state index contributed by atoms with van der Waals surface area (Å²) in [5.74, 6) is 0.408. The Morgan fingerprint density at radius 1 is 0.379 bits per heavy atom. The number of aliphatic imine (C=N–C) groups is 2. The van der Waals surface area contributed by atoms with Gasteiger partial charge in [0, 0.05) is 45.8 Å². The Bertz CT molecular complexity index is 2750. The average Bonchev–Trinajstić information content (AvgIpc) is 3.18. The first-order valence-corrected chi connectivity index (χ1v) is 19.8. The van der Waals surface area contributed by atoms with Crippen LogP contribution in [0.15, 0.2) is 131 Å². The molecule has 8 aromatic carbocycles. The molecular formula is C54H48N2O2. The molecule has 2 N–H and O–H groups in total. The van der Waals surface area contributed by atoms with Gasteiger partial charge >= 0.3 is 0 Å². The van der Waals surface area contributed by atoms with Crippen molar-refractivity contribution in [2.45, 2.75) is 55.4 Å². The average molecular weight is 757 g/mol. The molecule has 0 aliphatic carbocycles. The summed E-state index contributed by atoms with van der Waals surface area (Å²) in [7, 11) is 0. The van der Waals surface area contributed by atoms with Crippen LogP contribution in [-0.4, -0.2) is 22.6 Å². The smallest absolute Gasteiger partial charge is 0.132 e. The fraction of sp³-hybridized carbons (Fsp3) is 0.148. The quantitative estimate of drug-likeness (QED) is 0.159. The van der Waals surface area contributed by atoms with E-state index in [-0.39, 0.29) is 11.5 Å². The van der Waals surface area contributed by atoms with Gasteiger partial charge in [-0.25, -0.2) is 0 Å². The summed E-state index contributed by atoms with van der Waals surface area (Å²) in [4.78, 5) is 10.4.